The molecule has 0 saturated heterocycles. The van der Waals surface area contributed by atoms with Crippen molar-refractivity contribution in [2.75, 3.05) is 0 Å². The average Bonchev–Trinajstić information content (AvgIpc) is 3.02. The number of benzene rings is 1. The number of aliphatic hydroxyl groups is 1. The summed E-state index contributed by atoms with van der Waals surface area (Å²) < 4.78 is 0. The van der Waals surface area contributed by atoms with Gasteiger partial charge in [0.25, 0.3) is 0 Å². The molecule has 0 spiro atoms. The summed E-state index contributed by atoms with van der Waals surface area (Å²) in [5.74, 6) is 0.850. The number of hydrogen-bond donors (Lipinski definition) is 2. The van der Waals surface area contributed by atoms with Crippen LogP contribution < -0.4 is 5.73 Å². The van der Waals surface area contributed by atoms with E-state index in [0.29, 0.717) is 0 Å². The Morgan fingerprint density at radius 3 is 2.86 bits per heavy atom. The summed E-state index contributed by atoms with van der Waals surface area (Å²) in [5.41, 5.74) is 8.19. The molecular formula is C12H17NO. The summed E-state index contributed by atoms with van der Waals surface area (Å²) in [6.07, 6.45) is 3.77. The predicted octanol–water partition coefficient (Wildman–Crippen LogP) is 1.98. The van der Waals surface area contributed by atoms with Crippen molar-refractivity contribution in [1.82, 2.24) is 0 Å². The number of nitrogens with two attached hydrogens (primary N) is 1. The van der Waals surface area contributed by atoms with Crippen molar-refractivity contribution >= 4 is 0 Å². The fraction of sp³-hybridized carbons (Fsp3) is 0.500. The third-order valence-corrected chi connectivity index (χ3v) is 2.85. The Kier molecular flexibility index (Phi) is 2.85. The number of aliphatic hydroxyl groups excluding tert-OH is 1. The first kappa shape index (κ1) is 9.69. The summed E-state index contributed by atoms with van der Waals surface area (Å²) in [5, 5.41) is 9.00. The summed E-state index contributed by atoms with van der Waals surface area (Å²) in [7, 11) is 0. The van der Waals surface area contributed by atoms with Gasteiger partial charge in [-0.15, -0.1) is 0 Å². The van der Waals surface area contributed by atoms with Gasteiger partial charge < -0.3 is 10.8 Å². The van der Waals surface area contributed by atoms with Crippen molar-refractivity contribution in [3.8, 4) is 0 Å². The van der Waals surface area contributed by atoms with Crippen LogP contribution in [-0.4, -0.2) is 5.11 Å². The molecule has 1 fully saturated rings. The number of hydrogen-bond acceptors (Lipinski definition) is 2. The molecule has 2 heteroatoms. The van der Waals surface area contributed by atoms with Crippen LogP contribution in [0, 0.1) is 5.92 Å². The first-order valence-electron chi connectivity index (χ1n) is 5.25. The van der Waals surface area contributed by atoms with E-state index in [1.807, 2.05) is 24.3 Å². The van der Waals surface area contributed by atoms with E-state index in [-0.39, 0.29) is 12.6 Å². The standard InChI is InChI=1S/C12H17NO/c13-12(7-9-4-5-9)11-3-1-2-10(6-11)8-14/h1-3,6,9,12,14H,4-5,7-8,13H2/t12-/m0/s1. The van der Waals surface area contributed by atoms with Gasteiger partial charge in [-0.05, 0) is 23.5 Å². The smallest absolute Gasteiger partial charge is 0.0681 e. The zero-order valence-electron chi connectivity index (χ0n) is 8.32. The molecule has 2 nitrogen and oxygen atoms in total. The molecule has 1 aliphatic carbocycles. The van der Waals surface area contributed by atoms with E-state index in [9.17, 15) is 0 Å². The van der Waals surface area contributed by atoms with Gasteiger partial charge in [0.2, 0.25) is 0 Å². The quantitative estimate of drug-likeness (QED) is 0.764. The zero-order valence-corrected chi connectivity index (χ0v) is 8.32. The Hall–Kier alpha value is -0.860. The van der Waals surface area contributed by atoms with Crippen molar-refractivity contribution in [2.24, 2.45) is 11.7 Å². The average molecular weight is 191 g/mol. The molecule has 14 heavy (non-hydrogen) atoms. The first-order valence-corrected chi connectivity index (χ1v) is 5.25. The summed E-state index contributed by atoms with van der Waals surface area (Å²) in [6, 6.07) is 8.09. The predicted molar refractivity (Wildman–Crippen MR) is 56.6 cm³/mol. The molecule has 0 aromatic heterocycles. The Labute approximate surface area is 84.7 Å². The van der Waals surface area contributed by atoms with Gasteiger partial charge in [-0.25, -0.2) is 0 Å². The molecule has 1 aromatic carbocycles. The van der Waals surface area contributed by atoms with Crippen LogP contribution in [0.3, 0.4) is 0 Å². The van der Waals surface area contributed by atoms with Gasteiger partial charge in [-0.2, -0.15) is 0 Å². The van der Waals surface area contributed by atoms with Crippen LogP contribution >= 0.6 is 0 Å². The van der Waals surface area contributed by atoms with Crippen LogP contribution in [0.15, 0.2) is 24.3 Å². The maximum Gasteiger partial charge on any atom is 0.0681 e. The lowest BCUT2D eigenvalue weighted by Crippen LogP contribution is -2.11. The molecule has 0 radical (unpaired) electrons. The van der Waals surface area contributed by atoms with Crippen LogP contribution in [0.5, 0.6) is 0 Å². The van der Waals surface area contributed by atoms with E-state index < -0.39 is 0 Å². The number of rotatable bonds is 4. The maximum atomic E-state index is 9.00. The second kappa shape index (κ2) is 4.11. The topological polar surface area (TPSA) is 46.2 Å². The monoisotopic (exact) mass is 191 g/mol. The lowest BCUT2D eigenvalue weighted by atomic mass is 10.0. The van der Waals surface area contributed by atoms with Gasteiger partial charge in [0.05, 0.1) is 6.61 Å². The Morgan fingerprint density at radius 1 is 1.43 bits per heavy atom. The van der Waals surface area contributed by atoms with E-state index in [0.717, 1.165) is 23.5 Å². The molecule has 3 N–H and O–H groups in total. The van der Waals surface area contributed by atoms with Gasteiger partial charge in [0.15, 0.2) is 0 Å². The Balaban J connectivity index is 2.05. The van der Waals surface area contributed by atoms with Crippen molar-refractivity contribution < 1.29 is 5.11 Å². The molecule has 2 rings (SSSR count). The van der Waals surface area contributed by atoms with Crippen molar-refractivity contribution in [1.29, 1.82) is 0 Å². The molecule has 0 heterocycles. The minimum Gasteiger partial charge on any atom is -0.392 e. The summed E-state index contributed by atoms with van der Waals surface area (Å²) in [6.45, 7) is 0.101. The third kappa shape index (κ3) is 2.34. The molecule has 1 aliphatic rings. The normalized spacial score (nSPS) is 18.1. The molecule has 76 valence electrons. The minimum absolute atomic E-state index is 0.101. The van der Waals surface area contributed by atoms with Crippen molar-refractivity contribution in [3.63, 3.8) is 0 Å². The second-order valence-electron chi connectivity index (χ2n) is 4.19. The third-order valence-electron chi connectivity index (χ3n) is 2.85. The molecule has 0 amide bonds. The highest BCUT2D eigenvalue weighted by Crippen LogP contribution is 2.36. The largest absolute Gasteiger partial charge is 0.392 e. The second-order valence-corrected chi connectivity index (χ2v) is 4.19. The lowest BCUT2D eigenvalue weighted by Gasteiger charge is -2.12. The molecule has 1 saturated carbocycles. The Bertz CT molecular complexity index is 307. The van der Waals surface area contributed by atoms with Crippen molar-refractivity contribution in [3.05, 3.63) is 35.4 Å². The highest BCUT2D eigenvalue weighted by Gasteiger charge is 2.24. The molecule has 0 bridgehead atoms. The van der Waals surface area contributed by atoms with E-state index in [1.54, 1.807) is 0 Å². The van der Waals surface area contributed by atoms with Crippen LogP contribution in [0.2, 0.25) is 0 Å². The van der Waals surface area contributed by atoms with Gasteiger partial charge in [0, 0.05) is 6.04 Å². The minimum atomic E-state index is 0.101. The van der Waals surface area contributed by atoms with Crippen LogP contribution in [0.25, 0.3) is 0 Å². The van der Waals surface area contributed by atoms with E-state index in [1.165, 1.54) is 12.8 Å². The van der Waals surface area contributed by atoms with Crippen LogP contribution in [0.4, 0.5) is 0 Å². The lowest BCUT2D eigenvalue weighted by molar-refractivity contribution is 0.281. The van der Waals surface area contributed by atoms with E-state index in [4.69, 9.17) is 10.8 Å². The molecule has 1 aromatic rings. The molecule has 0 unspecified atom stereocenters. The highest BCUT2D eigenvalue weighted by molar-refractivity contribution is 5.25. The summed E-state index contributed by atoms with van der Waals surface area (Å²) in [4.78, 5) is 0. The van der Waals surface area contributed by atoms with E-state index in [2.05, 4.69) is 0 Å². The van der Waals surface area contributed by atoms with Gasteiger partial charge >= 0.3 is 0 Å². The molecular weight excluding hydrogens is 174 g/mol. The summed E-state index contributed by atoms with van der Waals surface area (Å²) >= 11 is 0. The zero-order chi connectivity index (χ0) is 9.97. The van der Waals surface area contributed by atoms with Crippen molar-refractivity contribution in [2.45, 2.75) is 31.9 Å². The van der Waals surface area contributed by atoms with Gasteiger partial charge in [0.1, 0.15) is 0 Å². The van der Waals surface area contributed by atoms with Crippen LogP contribution in [0.1, 0.15) is 36.4 Å². The SMILES string of the molecule is N[C@@H](CC1CC1)c1cccc(CO)c1. The first-order chi connectivity index (χ1) is 6.79. The highest BCUT2D eigenvalue weighted by atomic mass is 16.3. The van der Waals surface area contributed by atoms with Gasteiger partial charge in [-0.3, -0.25) is 0 Å². The van der Waals surface area contributed by atoms with E-state index >= 15 is 0 Å². The fourth-order valence-corrected chi connectivity index (χ4v) is 1.77. The Morgan fingerprint density at radius 2 is 2.21 bits per heavy atom. The van der Waals surface area contributed by atoms with Gasteiger partial charge in [-0.1, -0.05) is 37.1 Å². The molecule has 1 atom stereocenters. The maximum absolute atomic E-state index is 9.00. The fourth-order valence-electron chi connectivity index (χ4n) is 1.77. The van der Waals surface area contributed by atoms with Crippen LogP contribution in [-0.2, 0) is 6.61 Å². The molecule has 0 aliphatic heterocycles.